The minimum Gasteiger partial charge on any atom is -0.370 e. The first-order chi connectivity index (χ1) is 6.40. The van der Waals surface area contributed by atoms with Gasteiger partial charge in [0.2, 0.25) is 0 Å². The highest BCUT2D eigenvalue weighted by atomic mass is 15.0. The first kappa shape index (κ1) is 8.51. The maximum Gasteiger partial charge on any atom is 0.129 e. The van der Waals surface area contributed by atoms with Crippen LogP contribution in [0.25, 0.3) is 0 Å². The maximum atomic E-state index is 4.28. The Morgan fingerprint density at radius 1 is 1.69 bits per heavy atom. The molecule has 0 radical (unpaired) electrons. The van der Waals surface area contributed by atoms with E-state index in [4.69, 9.17) is 0 Å². The molecule has 3 heteroatoms. The van der Waals surface area contributed by atoms with Crippen LogP contribution in [-0.2, 0) is 6.42 Å². The molecule has 0 saturated heterocycles. The van der Waals surface area contributed by atoms with Crippen molar-refractivity contribution >= 4 is 5.82 Å². The standard InChI is InChI=1S/C10H15N3/c1-11-6-8-5-9-3-2-4-12-10(9)13-7-8/h2-4,8,11H,5-7H2,1H3,(H,12,13). The molecule has 0 aliphatic carbocycles. The molecule has 1 aliphatic rings. The third-order valence-electron chi connectivity index (χ3n) is 2.45. The van der Waals surface area contributed by atoms with Gasteiger partial charge < -0.3 is 10.6 Å². The molecule has 70 valence electrons. The molecule has 2 rings (SSSR count). The molecule has 2 N–H and O–H groups in total. The highest BCUT2D eigenvalue weighted by Gasteiger charge is 2.17. The first-order valence-electron chi connectivity index (χ1n) is 4.72. The van der Waals surface area contributed by atoms with E-state index in [0.29, 0.717) is 5.92 Å². The monoisotopic (exact) mass is 177 g/mol. The Balaban J connectivity index is 2.11. The third kappa shape index (κ3) is 1.80. The highest BCUT2D eigenvalue weighted by molar-refractivity contribution is 5.46. The van der Waals surface area contributed by atoms with Gasteiger partial charge in [0, 0.05) is 12.7 Å². The Morgan fingerprint density at radius 2 is 2.62 bits per heavy atom. The lowest BCUT2D eigenvalue weighted by Gasteiger charge is -2.24. The summed E-state index contributed by atoms with van der Waals surface area (Å²) in [6, 6.07) is 4.15. The molecule has 0 amide bonds. The number of fused-ring (bicyclic) bond motifs is 1. The normalized spacial score (nSPS) is 20.5. The summed E-state index contributed by atoms with van der Waals surface area (Å²) in [5.41, 5.74) is 1.34. The number of aromatic nitrogens is 1. The molecule has 0 aromatic carbocycles. The number of nitrogens with one attached hydrogen (secondary N) is 2. The van der Waals surface area contributed by atoms with Gasteiger partial charge in [-0.25, -0.2) is 4.98 Å². The van der Waals surface area contributed by atoms with Crippen molar-refractivity contribution in [1.29, 1.82) is 0 Å². The van der Waals surface area contributed by atoms with Crippen LogP contribution in [0.3, 0.4) is 0 Å². The second-order valence-electron chi connectivity index (χ2n) is 3.52. The zero-order valence-corrected chi connectivity index (χ0v) is 7.88. The van der Waals surface area contributed by atoms with Gasteiger partial charge >= 0.3 is 0 Å². The van der Waals surface area contributed by atoms with Crippen LogP contribution in [0.15, 0.2) is 18.3 Å². The second-order valence-corrected chi connectivity index (χ2v) is 3.52. The van der Waals surface area contributed by atoms with Crippen LogP contribution in [0.2, 0.25) is 0 Å². The van der Waals surface area contributed by atoms with Gasteiger partial charge in [0.15, 0.2) is 0 Å². The summed E-state index contributed by atoms with van der Waals surface area (Å²) in [5, 5.41) is 6.55. The van der Waals surface area contributed by atoms with E-state index >= 15 is 0 Å². The molecule has 1 aromatic heterocycles. The fraction of sp³-hybridized carbons (Fsp3) is 0.500. The van der Waals surface area contributed by atoms with Crippen LogP contribution in [0, 0.1) is 5.92 Å². The number of anilines is 1. The van der Waals surface area contributed by atoms with Gasteiger partial charge in [-0.3, -0.25) is 0 Å². The largest absolute Gasteiger partial charge is 0.370 e. The average molecular weight is 177 g/mol. The molecule has 1 unspecified atom stereocenters. The van der Waals surface area contributed by atoms with Gasteiger partial charge in [0.05, 0.1) is 0 Å². The fourth-order valence-corrected chi connectivity index (χ4v) is 1.82. The van der Waals surface area contributed by atoms with E-state index < -0.39 is 0 Å². The van der Waals surface area contributed by atoms with Crippen molar-refractivity contribution < 1.29 is 0 Å². The molecule has 3 nitrogen and oxygen atoms in total. The summed E-state index contributed by atoms with van der Waals surface area (Å²) in [6.07, 6.45) is 2.97. The van der Waals surface area contributed by atoms with Crippen LogP contribution in [0.1, 0.15) is 5.56 Å². The van der Waals surface area contributed by atoms with E-state index in [1.165, 1.54) is 5.56 Å². The predicted molar refractivity (Wildman–Crippen MR) is 53.8 cm³/mol. The summed E-state index contributed by atoms with van der Waals surface area (Å²) in [5.74, 6) is 1.76. The van der Waals surface area contributed by atoms with Gasteiger partial charge in [-0.1, -0.05) is 6.07 Å². The lowest BCUT2D eigenvalue weighted by atomic mass is 9.96. The zero-order valence-electron chi connectivity index (χ0n) is 7.88. The topological polar surface area (TPSA) is 37.0 Å². The molecule has 1 atom stereocenters. The smallest absolute Gasteiger partial charge is 0.129 e. The van der Waals surface area contributed by atoms with Gasteiger partial charge in [0.1, 0.15) is 5.82 Å². The van der Waals surface area contributed by atoms with E-state index in [1.54, 1.807) is 0 Å². The van der Waals surface area contributed by atoms with E-state index in [-0.39, 0.29) is 0 Å². The molecular weight excluding hydrogens is 162 g/mol. The molecule has 13 heavy (non-hydrogen) atoms. The van der Waals surface area contributed by atoms with Crippen molar-refractivity contribution in [2.24, 2.45) is 5.92 Å². The molecule has 0 saturated carbocycles. The molecule has 1 aliphatic heterocycles. The SMILES string of the molecule is CNCC1CNc2ncccc2C1. The number of hydrogen-bond acceptors (Lipinski definition) is 3. The summed E-state index contributed by atoms with van der Waals surface area (Å²) >= 11 is 0. The Morgan fingerprint density at radius 3 is 3.46 bits per heavy atom. The summed E-state index contributed by atoms with van der Waals surface area (Å²) in [6.45, 7) is 2.10. The molecular formula is C10H15N3. The van der Waals surface area contributed by atoms with Crippen molar-refractivity contribution in [2.75, 3.05) is 25.5 Å². The fourth-order valence-electron chi connectivity index (χ4n) is 1.82. The number of pyridine rings is 1. The van der Waals surface area contributed by atoms with Crippen LogP contribution in [0.4, 0.5) is 5.82 Å². The van der Waals surface area contributed by atoms with Crippen LogP contribution >= 0.6 is 0 Å². The summed E-state index contributed by atoms with van der Waals surface area (Å²) < 4.78 is 0. The molecule has 0 bridgehead atoms. The van der Waals surface area contributed by atoms with Crippen LogP contribution < -0.4 is 10.6 Å². The van der Waals surface area contributed by atoms with E-state index in [1.807, 2.05) is 19.3 Å². The van der Waals surface area contributed by atoms with Crippen LogP contribution in [0.5, 0.6) is 0 Å². The van der Waals surface area contributed by atoms with E-state index in [0.717, 1.165) is 25.3 Å². The Kier molecular flexibility index (Phi) is 2.45. The number of hydrogen-bond donors (Lipinski definition) is 2. The van der Waals surface area contributed by atoms with Crippen molar-refractivity contribution in [3.63, 3.8) is 0 Å². The number of rotatable bonds is 2. The lowest BCUT2D eigenvalue weighted by Crippen LogP contribution is -2.31. The van der Waals surface area contributed by atoms with Gasteiger partial charge in [0.25, 0.3) is 0 Å². The van der Waals surface area contributed by atoms with E-state index in [2.05, 4.69) is 21.7 Å². The van der Waals surface area contributed by atoms with Gasteiger partial charge in [-0.15, -0.1) is 0 Å². The van der Waals surface area contributed by atoms with E-state index in [9.17, 15) is 0 Å². The first-order valence-corrected chi connectivity index (χ1v) is 4.72. The Labute approximate surface area is 78.6 Å². The number of nitrogens with zero attached hydrogens (tertiary/aromatic N) is 1. The Bertz CT molecular complexity index is 285. The quantitative estimate of drug-likeness (QED) is 0.704. The molecule has 1 aromatic rings. The molecule has 0 spiro atoms. The van der Waals surface area contributed by atoms with Crippen LogP contribution in [-0.4, -0.2) is 25.1 Å². The van der Waals surface area contributed by atoms with Crippen molar-refractivity contribution in [3.05, 3.63) is 23.9 Å². The molecule has 2 heterocycles. The minimum absolute atomic E-state index is 0.696. The van der Waals surface area contributed by atoms with Crippen molar-refractivity contribution in [1.82, 2.24) is 10.3 Å². The van der Waals surface area contributed by atoms with Crippen molar-refractivity contribution in [3.8, 4) is 0 Å². The van der Waals surface area contributed by atoms with Gasteiger partial charge in [-0.2, -0.15) is 0 Å². The van der Waals surface area contributed by atoms with Crippen molar-refractivity contribution in [2.45, 2.75) is 6.42 Å². The second kappa shape index (κ2) is 3.75. The lowest BCUT2D eigenvalue weighted by molar-refractivity contribution is 0.506. The third-order valence-corrected chi connectivity index (χ3v) is 2.45. The summed E-state index contributed by atoms with van der Waals surface area (Å²) in [4.78, 5) is 4.28. The zero-order chi connectivity index (χ0) is 9.10. The molecule has 0 fully saturated rings. The highest BCUT2D eigenvalue weighted by Crippen LogP contribution is 2.21. The average Bonchev–Trinajstić information content (AvgIpc) is 2.18. The minimum atomic E-state index is 0.696. The van der Waals surface area contributed by atoms with Gasteiger partial charge in [-0.05, 0) is 37.6 Å². The Hall–Kier alpha value is -1.09. The summed E-state index contributed by atoms with van der Waals surface area (Å²) in [7, 11) is 2.00. The predicted octanol–water partition coefficient (Wildman–Crippen LogP) is 0.885. The maximum absolute atomic E-state index is 4.28.